The van der Waals surface area contributed by atoms with E-state index in [0.717, 1.165) is 37.6 Å². The van der Waals surface area contributed by atoms with Crippen molar-refractivity contribution in [3.05, 3.63) is 77.9 Å². The molecule has 29 heavy (non-hydrogen) atoms. The molecule has 1 N–H and O–H groups in total. The molecule has 2 heterocycles. The summed E-state index contributed by atoms with van der Waals surface area (Å²) < 4.78 is 1.79. The molecule has 0 spiro atoms. The SMILES string of the molecule is O=C(NCCN1CCCC1)c1nc(CCc2ccccc2)n(-c2ccccc2)n1. The molecule has 3 aromatic rings. The number of aromatic nitrogens is 3. The fraction of sp³-hybridized carbons (Fsp3) is 0.348. The van der Waals surface area contributed by atoms with Crippen LogP contribution >= 0.6 is 0 Å². The van der Waals surface area contributed by atoms with Gasteiger partial charge in [-0.05, 0) is 50.0 Å². The number of carbonyl (C=O) groups is 1. The third-order valence-electron chi connectivity index (χ3n) is 5.27. The maximum Gasteiger partial charge on any atom is 0.291 e. The van der Waals surface area contributed by atoms with E-state index in [0.29, 0.717) is 13.0 Å². The molecule has 0 atom stereocenters. The summed E-state index contributed by atoms with van der Waals surface area (Å²) in [5.41, 5.74) is 2.16. The molecule has 0 aliphatic carbocycles. The predicted molar refractivity (Wildman–Crippen MR) is 113 cm³/mol. The second-order valence-corrected chi connectivity index (χ2v) is 7.39. The van der Waals surface area contributed by atoms with Crippen molar-refractivity contribution in [2.75, 3.05) is 26.2 Å². The molecule has 1 aromatic heterocycles. The Balaban J connectivity index is 1.47. The van der Waals surface area contributed by atoms with Gasteiger partial charge in [-0.3, -0.25) is 4.79 Å². The normalized spacial score (nSPS) is 14.2. The number of hydrogen-bond donors (Lipinski definition) is 1. The highest BCUT2D eigenvalue weighted by Crippen LogP contribution is 2.13. The average molecular weight is 390 g/mol. The van der Waals surface area contributed by atoms with Crippen LogP contribution in [-0.2, 0) is 12.8 Å². The van der Waals surface area contributed by atoms with Gasteiger partial charge in [-0.25, -0.2) is 9.67 Å². The van der Waals surface area contributed by atoms with E-state index in [-0.39, 0.29) is 11.7 Å². The number of nitrogens with zero attached hydrogens (tertiary/aromatic N) is 4. The minimum absolute atomic E-state index is 0.208. The van der Waals surface area contributed by atoms with Crippen LogP contribution in [0.5, 0.6) is 0 Å². The van der Waals surface area contributed by atoms with E-state index in [1.54, 1.807) is 4.68 Å². The first-order valence-corrected chi connectivity index (χ1v) is 10.4. The molecule has 150 valence electrons. The van der Waals surface area contributed by atoms with Crippen LogP contribution < -0.4 is 5.32 Å². The van der Waals surface area contributed by atoms with Gasteiger partial charge in [0.1, 0.15) is 5.82 Å². The van der Waals surface area contributed by atoms with Gasteiger partial charge < -0.3 is 10.2 Å². The Morgan fingerprint density at radius 2 is 1.62 bits per heavy atom. The lowest BCUT2D eigenvalue weighted by Gasteiger charge is -2.13. The summed E-state index contributed by atoms with van der Waals surface area (Å²) in [5, 5.41) is 7.50. The Hall–Kier alpha value is -2.99. The predicted octanol–water partition coefficient (Wildman–Crippen LogP) is 2.88. The molecule has 0 unspecified atom stereocenters. The number of aryl methyl sites for hydroxylation is 2. The van der Waals surface area contributed by atoms with Gasteiger partial charge in [-0.2, -0.15) is 0 Å². The Kier molecular flexibility index (Phi) is 6.32. The molecule has 6 nitrogen and oxygen atoms in total. The highest BCUT2D eigenvalue weighted by molar-refractivity contribution is 5.90. The van der Waals surface area contributed by atoms with E-state index in [1.807, 2.05) is 48.5 Å². The van der Waals surface area contributed by atoms with Gasteiger partial charge in [0.25, 0.3) is 5.91 Å². The third-order valence-corrected chi connectivity index (χ3v) is 5.27. The van der Waals surface area contributed by atoms with E-state index in [9.17, 15) is 4.79 Å². The Labute approximate surface area is 171 Å². The summed E-state index contributed by atoms with van der Waals surface area (Å²) in [4.78, 5) is 19.6. The number of likely N-dealkylation sites (tertiary alicyclic amines) is 1. The lowest BCUT2D eigenvalue weighted by atomic mass is 10.1. The molecular weight excluding hydrogens is 362 g/mol. The summed E-state index contributed by atoms with van der Waals surface area (Å²) in [6, 6.07) is 20.2. The van der Waals surface area contributed by atoms with Crippen LogP contribution in [-0.4, -0.2) is 51.8 Å². The molecule has 1 amide bonds. The van der Waals surface area contributed by atoms with Crippen molar-refractivity contribution >= 4 is 5.91 Å². The Morgan fingerprint density at radius 3 is 2.34 bits per heavy atom. The molecule has 0 saturated carbocycles. The molecule has 1 aliphatic rings. The number of para-hydroxylation sites is 1. The summed E-state index contributed by atoms with van der Waals surface area (Å²) in [7, 11) is 0. The van der Waals surface area contributed by atoms with Crippen molar-refractivity contribution in [2.24, 2.45) is 0 Å². The first-order valence-electron chi connectivity index (χ1n) is 10.4. The Bertz CT molecular complexity index is 917. The maximum absolute atomic E-state index is 12.6. The van der Waals surface area contributed by atoms with Crippen LogP contribution in [0.1, 0.15) is 34.8 Å². The number of hydrogen-bond acceptors (Lipinski definition) is 4. The molecule has 1 fully saturated rings. The zero-order valence-corrected chi connectivity index (χ0v) is 16.6. The van der Waals surface area contributed by atoms with Crippen molar-refractivity contribution in [2.45, 2.75) is 25.7 Å². The van der Waals surface area contributed by atoms with Gasteiger partial charge in [-0.15, -0.1) is 5.10 Å². The fourth-order valence-corrected chi connectivity index (χ4v) is 3.69. The van der Waals surface area contributed by atoms with E-state index in [2.05, 4.69) is 32.4 Å². The summed E-state index contributed by atoms with van der Waals surface area (Å²) >= 11 is 0. The van der Waals surface area contributed by atoms with Gasteiger partial charge in [0.2, 0.25) is 5.82 Å². The van der Waals surface area contributed by atoms with Gasteiger partial charge in [0, 0.05) is 19.5 Å². The maximum atomic E-state index is 12.6. The molecule has 1 saturated heterocycles. The number of rotatable bonds is 8. The molecule has 4 rings (SSSR count). The first kappa shape index (κ1) is 19.3. The zero-order valence-electron chi connectivity index (χ0n) is 16.6. The third kappa shape index (κ3) is 5.09. The summed E-state index contributed by atoms with van der Waals surface area (Å²) in [6.07, 6.45) is 4.07. The van der Waals surface area contributed by atoms with Crippen molar-refractivity contribution in [1.29, 1.82) is 0 Å². The molecule has 0 bridgehead atoms. The molecule has 1 aliphatic heterocycles. The topological polar surface area (TPSA) is 63.1 Å². The van der Waals surface area contributed by atoms with Crippen LogP contribution in [0.15, 0.2) is 60.7 Å². The quantitative estimate of drug-likeness (QED) is 0.643. The second kappa shape index (κ2) is 9.47. The van der Waals surface area contributed by atoms with Crippen molar-refractivity contribution < 1.29 is 4.79 Å². The van der Waals surface area contributed by atoms with E-state index in [1.165, 1.54) is 18.4 Å². The lowest BCUT2D eigenvalue weighted by molar-refractivity contribution is 0.0939. The number of benzene rings is 2. The molecule has 6 heteroatoms. The minimum atomic E-state index is -0.208. The van der Waals surface area contributed by atoms with Crippen molar-refractivity contribution in [3.8, 4) is 5.69 Å². The average Bonchev–Trinajstić information content (AvgIpc) is 3.44. The molecule has 2 aromatic carbocycles. The van der Waals surface area contributed by atoms with Gasteiger partial charge in [-0.1, -0.05) is 48.5 Å². The smallest absolute Gasteiger partial charge is 0.291 e. The van der Waals surface area contributed by atoms with Crippen LogP contribution in [0.2, 0.25) is 0 Å². The van der Waals surface area contributed by atoms with Crippen LogP contribution in [0, 0.1) is 0 Å². The first-order chi connectivity index (χ1) is 14.3. The second-order valence-electron chi connectivity index (χ2n) is 7.39. The van der Waals surface area contributed by atoms with Crippen molar-refractivity contribution in [1.82, 2.24) is 25.0 Å². The van der Waals surface area contributed by atoms with Crippen LogP contribution in [0.4, 0.5) is 0 Å². The number of carbonyl (C=O) groups excluding carboxylic acids is 1. The molecular formula is C23H27N5O. The lowest BCUT2D eigenvalue weighted by Crippen LogP contribution is -2.34. The van der Waals surface area contributed by atoms with Crippen LogP contribution in [0.25, 0.3) is 5.69 Å². The van der Waals surface area contributed by atoms with Crippen LogP contribution in [0.3, 0.4) is 0 Å². The number of nitrogens with one attached hydrogen (secondary N) is 1. The summed E-state index contributed by atoms with van der Waals surface area (Å²) in [5.74, 6) is 0.822. The largest absolute Gasteiger partial charge is 0.348 e. The van der Waals surface area contributed by atoms with Gasteiger partial charge >= 0.3 is 0 Å². The van der Waals surface area contributed by atoms with Gasteiger partial charge in [0.15, 0.2) is 0 Å². The zero-order chi connectivity index (χ0) is 19.9. The van der Waals surface area contributed by atoms with Gasteiger partial charge in [0.05, 0.1) is 5.69 Å². The monoisotopic (exact) mass is 389 g/mol. The minimum Gasteiger partial charge on any atom is -0.348 e. The Morgan fingerprint density at radius 1 is 0.931 bits per heavy atom. The number of amides is 1. The van der Waals surface area contributed by atoms with Crippen molar-refractivity contribution in [3.63, 3.8) is 0 Å². The summed E-state index contributed by atoms with van der Waals surface area (Å²) in [6.45, 7) is 3.75. The highest BCUT2D eigenvalue weighted by atomic mass is 16.2. The standard InChI is InChI=1S/C23H27N5O/c29-23(24-15-18-27-16-7-8-17-27)22-25-21(14-13-19-9-3-1-4-10-19)28(26-22)20-11-5-2-6-12-20/h1-6,9-12H,7-8,13-18H2,(H,24,29). The van der Waals surface area contributed by atoms with E-state index >= 15 is 0 Å². The highest BCUT2D eigenvalue weighted by Gasteiger charge is 2.18. The fourth-order valence-electron chi connectivity index (χ4n) is 3.69. The van der Waals surface area contributed by atoms with E-state index in [4.69, 9.17) is 0 Å². The molecule has 0 radical (unpaired) electrons. The van der Waals surface area contributed by atoms with E-state index < -0.39 is 0 Å².